The van der Waals surface area contributed by atoms with Crippen molar-refractivity contribution in [3.63, 3.8) is 0 Å². The van der Waals surface area contributed by atoms with Crippen LogP contribution in [0.4, 0.5) is 16.2 Å². The van der Waals surface area contributed by atoms with E-state index in [1.54, 1.807) is 12.1 Å². The number of hydrogen-bond donors (Lipinski definition) is 3. The first-order valence-electron chi connectivity index (χ1n) is 11.5. The lowest BCUT2D eigenvalue weighted by Crippen LogP contribution is -2.56. The minimum Gasteiger partial charge on any atom is -0.475 e. The Labute approximate surface area is 198 Å². The van der Waals surface area contributed by atoms with Gasteiger partial charge in [0.15, 0.2) is 5.60 Å². The lowest BCUT2D eigenvalue weighted by atomic mass is 9.96. The van der Waals surface area contributed by atoms with Gasteiger partial charge in [0.25, 0.3) is 11.8 Å². The van der Waals surface area contributed by atoms with Crippen LogP contribution in [0.2, 0.25) is 0 Å². The lowest BCUT2D eigenvalue weighted by molar-refractivity contribution is -0.136. The van der Waals surface area contributed by atoms with E-state index in [0.717, 1.165) is 24.0 Å². The molecule has 2 aromatic rings. The van der Waals surface area contributed by atoms with Gasteiger partial charge in [-0.25, -0.2) is 4.79 Å². The number of rotatable bonds is 3. The molecule has 1 unspecified atom stereocenters. The number of fused-ring (bicyclic) bond motifs is 2. The maximum atomic E-state index is 13.4. The number of anilines is 2. The summed E-state index contributed by atoms with van der Waals surface area (Å²) in [6.45, 7) is -0.125. The zero-order valence-corrected chi connectivity index (χ0v) is 18.5. The van der Waals surface area contributed by atoms with Gasteiger partial charge in [0.2, 0.25) is 5.91 Å². The Morgan fingerprint density at radius 3 is 2.59 bits per heavy atom. The molecule has 1 saturated carbocycles. The van der Waals surface area contributed by atoms with E-state index in [0.29, 0.717) is 42.8 Å². The van der Waals surface area contributed by atoms with Crippen molar-refractivity contribution in [1.82, 2.24) is 10.6 Å². The van der Waals surface area contributed by atoms with E-state index >= 15 is 0 Å². The summed E-state index contributed by atoms with van der Waals surface area (Å²) in [5.41, 5.74) is 1.18. The van der Waals surface area contributed by atoms with Crippen LogP contribution in [0.5, 0.6) is 5.75 Å². The fourth-order valence-corrected chi connectivity index (χ4v) is 5.67. The Balaban J connectivity index is 0.00000152. The van der Waals surface area contributed by atoms with Crippen LogP contribution in [0, 0.1) is 0 Å². The van der Waals surface area contributed by atoms with E-state index < -0.39 is 17.2 Å². The first-order valence-corrected chi connectivity index (χ1v) is 11.5. The van der Waals surface area contributed by atoms with Gasteiger partial charge in [-0.1, -0.05) is 18.2 Å². The standard InChI is InChI=1S/C25H24N4O5.2H2/c30-20(14-29-18-5-1-2-6-19(18)34-25(22(29)32)9-3-4-10-25)26-17-8-7-15-12-24(13-16(15)11-17)21(31)27-23(33)28-24;;/h1-2,5-8,11H,3-4,9-10,12-14H2,(H,26,30)(H2,27,28,31,33);2*1H. The van der Waals surface area contributed by atoms with Gasteiger partial charge in [-0.05, 0) is 61.1 Å². The molecule has 178 valence electrons. The summed E-state index contributed by atoms with van der Waals surface area (Å²) in [6, 6.07) is 12.3. The summed E-state index contributed by atoms with van der Waals surface area (Å²) in [5.74, 6) is -0.198. The summed E-state index contributed by atoms with van der Waals surface area (Å²) >= 11 is 0. The number of nitrogens with one attached hydrogen (secondary N) is 3. The lowest BCUT2D eigenvalue weighted by Gasteiger charge is -2.40. The monoisotopic (exact) mass is 464 g/mol. The first-order chi connectivity index (χ1) is 16.4. The quantitative estimate of drug-likeness (QED) is 0.604. The van der Waals surface area contributed by atoms with Gasteiger partial charge in [-0.15, -0.1) is 0 Å². The summed E-state index contributed by atoms with van der Waals surface area (Å²) in [6.07, 6.45) is 3.91. The van der Waals surface area contributed by atoms with Crippen LogP contribution >= 0.6 is 0 Å². The van der Waals surface area contributed by atoms with Crippen molar-refractivity contribution in [3.05, 3.63) is 53.6 Å². The Bertz CT molecular complexity index is 1260. The second kappa shape index (κ2) is 7.31. The molecule has 1 saturated heterocycles. The molecule has 6 rings (SSSR count). The molecule has 2 aliphatic carbocycles. The van der Waals surface area contributed by atoms with Crippen LogP contribution in [0.1, 0.15) is 39.7 Å². The summed E-state index contributed by atoms with van der Waals surface area (Å²) in [7, 11) is 0. The normalized spacial score (nSPS) is 24.0. The maximum absolute atomic E-state index is 13.4. The molecule has 2 fully saturated rings. The second-order valence-electron chi connectivity index (χ2n) is 9.54. The highest BCUT2D eigenvalue weighted by atomic mass is 16.5. The average molecular weight is 465 g/mol. The van der Waals surface area contributed by atoms with E-state index in [1.807, 2.05) is 30.3 Å². The SMILES string of the molecule is O=C(CN1C(=O)C2(CCCC2)Oc2ccccc21)Nc1ccc2c(c1)CC1(C2)NC(=O)NC1=O.[HH].[HH]. The van der Waals surface area contributed by atoms with Crippen molar-refractivity contribution < 1.29 is 26.8 Å². The summed E-state index contributed by atoms with van der Waals surface area (Å²) < 4.78 is 6.15. The Morgan fingerprint density at radius 2 is 1.82 bits per heavy atom. The van der Waals surface area contributed by atoms with Gasteiger partial charge in [0, 0.05) is 21.4 Å². The Hall–Kier alpha value is -3.88. The molecule has 0 bridgehead atoms. The van der Waals surface area contributed by atoms with E-state index in [9.17, 15) is 19.2 Å². The average Bonchev–Trinajstić information content (AvgIpc) is 3.49. The van der Waals surface area contributed by atoms with Crippen molar-refractivity contribution in [1.29, 1.82) is 0 Å². The van der Waals surface area contributed by atoms with Gasteiger partial charge in [0.1, 0.15) is 17.8 Å². The predicted octanol–water partition coefficient (Wildman–Crippen LogP) is 2.53. The third-order valence-corrected chi connectivity index (χ3v) is 7.30. The molecular formula is C25H28N4O5. The van der Waals surface area contributed by atoms with Gasteiger partial charge < -0.3 is 15.4 Å². The summed E-state index contributed by atoms with van der Waals surface area (Å²) in [5, 5.41) is 7.93. The van der Waals surface area contributed by atoms with Crippen LogP contribution in [0.15, 0.2) is 42.5 Å². The largest absolute Gasteiger partial charge is 0.475 e. The van der Waals surface area contributed by atoms with Gasteiger partial charge >= 0.3 is 6.03 Å². The van der Waals surface area contributed by atoms with Crippen molar-refractivity contribution in [2.75, 3.05) is 16.8 Å². The van der Waals surface area contributed by atoms with Crippen LogP contribution in [0.25, 0.3) is 0 Å². The third kappa shape index (κ3) is 3.14. The Morgan fingerprint density at radius 1 is 1.06 bits per heavy atom. The molecular weight excluding hydrogens is 436 g/mol. The van der Waals surface area contributed by atoms with Gasteiger partial charge in [-0.3, -0.25) is 24.6 Å². The number of urea groups is 1. The highest BCUT2D eigenvalue weighted by Gasteiger charge is 2.51. The molecule has 1 atom stereocenters. The van der Waals surface area contributed by atoms with Crippen molar-refractivity contribution >= 4 is 35.1 Å². The van der Waals surface area contributed by atoms with Crippen molar-refractivity contribution in [2.24, 2.45) is 0 Å². The highest BCUT2D eigenvalue weighted by molar-refractivity contribution is 6.09. The third-order valence-electron chi connectivity index (χ3n) is 7.30. The number of carbonyl (C=O) groups is 4. The molecule has 9 heteroatoms. The number of amides is 5. The van der Waals surface area contributed by atoms with E-state index in [4.69, 9.17) is 4.74 Å². The number of ether oxygens (including phenoxy) is 1. The van der Waals surface area contributed by atoms with Gasteiger partial charge in [0.05, 0.1) is 5.69 Å². The second-order valence-corrected chi connectivity index (χ2v) is 9.54. The van der Waals surface area contributed by atoms with Gasteiger partial charge in [-0.2, -0.15) is 0 Å². The number of nitrogens with zero attached hydrogens (tertiary/aromatic N) is 1. The smallest absolute Gasteiger partial charge is 0.322 e. The Kier molecular flexibility index (Phi) is 4.45. The van der Waals surface area contributed by atoms with Crippen LogP contribution in [0.3, 0.4) is 0 Å². The fourth-order valence-electron chi connectivity index (χ4n) is 5.67. The molecule has 4 aliphatic rings. The van der Waals surface area contributed by atoms with Crippen LogP contribution in [-0.2, 0) is 27.2 Å². The van der Waals surface area contributed by atoms with Crippen molar-refractivity contribution in [2.45, 2.75) is 49.7 Å². The molecule has 3 N–H and O–H groups in total. The fraction of sp³-hybridized carbons (Fsp3) is 0.360. The molecule has 2 heterocycles. The number of benzene rings is 2. The number of hydrogen-bond acceptors (Lipinski definition) is 5. The van der Waals surface area contributed by atoms with E-state index in [2.05, 4.69) is 16.0 Å². The molecule has 34 heavy (non-hydrogen) atoms. The zero-order valence-electron chi connectivity index (χ0n) is 18.5. The molecule has 2 spiro atoms. The highest BCUT2D eigenvalue weighted by Crippen LogP contribution is 2.44. The number of para-hydroxylation sites is 2. The molecule has 2 aliphatic heterocycles. The minimum absolute atomic E-state index is 0. The molecule has 0 radical (unpaired) electrons. The molecule has 0 aromatic heterocycles. The first kappa shape index (κ1) is 20.7. The molecule has 2 aromatic carbocycles. The van der Waals surface area contributed by atoms with Crippen LogP contribution < -0.4 is 25.6 Å². The minimum atomic E-state index is -0.957. The number of carbonyl (C=O) groups excluding carboxylic acids is 4. The van der Waals surface area contributed by atoms with Crippen LogP contribution in [-0.4, -0.2) is 41.4 Å². The van der Waals surface area contributed by atoms with E-state index in [-0.39, 0.29) is 27.1 Å². The van der Waals surface area contributed by atoms with Crippen molar-refractivity contribution in [3.8, 4) is 5.75 Å². The van der Waals surface area contributed by atoms with E-state index in [1.165, 1.54) is 4.90 Å². The molecule has 9 nitrogen and oxygen atoms in total. The number of imide groups is 1. The topological polar surface area (TPSA) is 117 Å². The predicted molar refractivity (Wildman–Crippen MR) is 127 cm³/mol. The zero-order chi connectivity index (χ0) is 23.5. The molecule has 5 amide bonds. The maximum Gasteiger partial charge on any atom is 0.322 e. The summed E-state index contributed by atoms with van der Waals surface area (Å²) in [4.78, 5) is 51.9.